The van der Waals surface area contributed by atoms with E-state index >= 15 is 0 Å². The number of aryl methyl sites for hydroxylation is 1. The van der Waals surface area contributed by atoms with E-state index in [2.05, 4.69) is 29.5 Å². The summed E-state index contributed by atoms with van der Waals surface area (Å²) in [6.45, 7) is 4.38. The van der Waals surface area contributed by atoms with Gasteiger partial charge in [0.15, 0.2) is 0 Å². The molecule has 2 aromatic rings. The van der Waals surface area contributed by atoms with E-state index in [1.165, 1.54) is 41.4 Å². The van der Waals surface area contributed by atoms with Crippen LogP contribution in [0.25, 0.3) is 10.9 Å². The molecular formula is C16H22N2O. The number of methoxy groups -OCH3 is 1. The Morgan fingerprint density at radius 3 is 2.95 bits per heavy atom. The summed E-state index contributed by atoms with van der Waals surface area (Å²) in [4.78, 5) is 3.36. The number of rotatable bonds is 6. The Bertz CT molecular complexity index is 569. The highest BCUT2D eigenvalue weighted by molar-refractivity contribution is 5.88. The van der Waals surface area contributed by atoms with Crippen LogP contribution >= 0.6 is 0 Å². The second-order valence-electron chi connectivity index (χ2n) is 5.53. The van der Waals surface area contributed by atoms with E-state index in [1.807, 2.05) is 6.07 Å². The average Bonchev–Trinajstić information content (AvgIpc) is 3.15. The number of H-pyrrole nitrogens is 1. The summed E-state index contributed by atoms with van der Waals surface area (Å²) >= 11 is 0. The minimum Gasteiger partial charge on any atom is -0.496 e. The lowest BCUT2D eigenvalue weighted by Gasteiger charge is -2.08. The molecule has 102 valence electrons. The predicted octanol–water partition coefficient (Wildman–Crippen LogP) is 3.03. The van der Waals surface area contributed by atoms with Crippen molar-refractivity contribution in [2.24, 2.45) is 5.92 Å². The second kappa shape index (κ2) is 5.25. The Labute approximate surface area is 114 Å². The van der Waals surface area contributed by atoms with E-state index in [0.717, 1.165) is 24.6 Å². The van der Waals surface area contributed by atoms with Gasteiger partial charge < -0.3 is 15.0 Å². The summed E-state index contributed by atoms with van der Waals surface area (Å²) in [6, 6.07) is 4.13. The first-order chi connectivity index (χ1) is 9.29. The van der Waals surface area contributed by atoms with E-state index in [0.29, 0.717) is 0 Å². The number of hydrogen-bond acceptors (Lipinski definition) is 2. The van der Waals surface area contributed by atoms with Crippen molar-refractivity contribution in [2.75, 3.05) is 20.2 Å². The smallest absolute Gasteiger partial charge is 0.122 e. The first-order valence-electron chi connectivity index (χ1n) is 7.14. The third-order valence-corrected chi connectivity index (χ3v) is 4.06. The van der Waals surface area contributed by atoms with Crippen molar-refractivity contribution < 1.29 is 4.74 Å². The quantitative estimate of drug-likeness (QED) is 0.781. The zero-order valence-corrected chi connectivity index (χ0v) is 11.8. The fourth-order valence-corrected chi connectivity index (χ4v) is 2.73. The van der Waals surface area contributed by atoms with Gasteiger partial charge in [-0.25, -0.2) is 0 Å². The third kappa shape index (κ3) is 2.61. The van der Waals surface area contributed by atoms with Crippen molar-refractivity contribution in [1.29, 1.82) is 0 Å². The van der Waals surface area contributed by atoms with Crippen LogP contribution < -0.4 is 10.1 Å². The van der Waals surface area contributed by atoms with Gasteiger partial charge in [0, 0.05) is 22.7 Å². The molecule has 0 unspecified atom stereocenters. The molecule has 1 aromatic carbocycles. The fraction of sp³-hybridized carbons (Fsp3) is 0.500. The molecule has 3 nitrogen and oxygen atoms in total. The van der Waals surface area contributed by atoms with Crippen molar-refractivity contribution in [3.63, 3.8) is 0 Å². The maximum atomic E-state index is 5.41. The lowest BCUT2D eigenvalue weighted by atomic mass is 10.0. The summed E-state index contributed by atoms with van der Waals surface area (Å²) in [7, 11) is 1.73. The molecule has 1 aromatic heterocycles. The zero-order valence-electron chi connectivity index (χ0n) is 11.8. The monoisotopic (exact) mass is 258 g/mol. The van der Waals surface area contributed by atoms with Gasteiger partial charge in [-0.1, -0.05) is 0 Å². The maximum Gasteiger partial charge on any atom is 0.122 e. The number of ether oxygens (including phenoxy) is 1. The minimum atomic E-state index is 0.949. The number of benzene rings is 1. The van der Waals surface area contributed by atoms with E-state index in [-0.39, 0.29) is 0 Å². The highest BCUT2D eigenvalue weighted by Gasteiger charge is 2.20. The van der Waals surface area contributed by atoms with Gasteiger partial charge in [-0.2, -0.15) is 0 Å². The largest absolute Gasteiger partial charge is 0.496 e. The van der Waals surface area contributed by atoms with Crippen LogP contribution in [-0.2, 0) is 6.42 Å². The highest BCUT2D eigenvalue weighted by atomic mass is 16.5. The van der Waals surface area contributed by atoms with Gasteiger partial charge in [-0.15, -0.1) is 0 Å². The van der Waals surface area contributed by atoms with Crippen LogP contribution in [0.3, 0.4) is 0 Å². The van der Waals surface area contributed by atoms with Crippen molar-refractivity contribution in [1.82, 2.24) is 10.3 Å². The molecule has 0 saturated heterocycles. The number of fused-ring (bicyclic) bond motifs is 1. The Balaban J connectivity index is 1.74. The average molecular weight is 258 g/mol. The van der Waals surface area contributed by atoms with Gasteiger partial charge in [0.1, 0.15) is 5.75 Å². The molecule has 2 N–H and O–H groups in total. The van der Waals surface area contributed by atoms with Gasteiger partial charge in [0.05, 0.1) is 7.11 Å². The highest BCUT2D eigenvalue weighted by Crippen LogP contribution is 2.30. The number of hydrogen-bond donors (Lipinski definition) is 2. The molecule has 0 aliphatic heterocycles. The molecule has 1 aliphatic rings. The van der Waals surface area contributed by atoms with Crippen molar-refractivity contribution >= 4 is 10.9 Å². The molecule has 3 heteroatoms. The van der Waals surface area contributed by atoms with Crippen molar-refractivity contribution in [3.05, 3.63) is 29.5 Å². The van der Waals surface area contributed by atoms with Crippen LogP contribution in [0.5, 0.6) is 5.75 Å². The standard InChI is InChI=1S/C16H22N2O/c1-11-15(19-2)6-5-14-16(11)13(10-18-14)7-8-17-9-12-3-4-12/h5-6,10,12,17-18H,3-4,7-9H2,1-2H3. The molecule has 0 bridgehead atoms. The Morgan fingerprint density at radius 2 is 2.21 bits per heavy atom. The maximum absolute atomic E-state index is 5.41. The van der Waals surface area contributed by atoms with Crippen LogP contribution in [-0.4, -0.2) is 25.2 Å². The molecule has 0 amide bonds. The van der Waals surface area contributed by atoms with E-state index < -0.39 is 0 Å². The molecule has 3 rings (SSSR count). The summed E-state index contributed by atoms with van der Waals surface area (Å²) < 4.78 is 5.41. The van der Waals surface area contributed by atoms with Crippen molar-refractivity contribution in [2.45, 2.75) is 26.2 Å². The second-order valence-corrected chi connectivity index (χ2v) is 5.53. The third-order valence-electron chi connectivity index (χ3n) is 4.06. The van der Waals surface area contributed by atoms with Crippen LogP contribution in [0.4, 0.5) is 0 Å². The van der Waals surface area contributed by atoms with Gasteiger partial charge in [0.25, 0.3) is 0 Å². The summed E-state index contributed by atoms with van der Waals surface area (Å²) in [6.07, 6.45) is 6.03. The van der Waals surface area contributed by atoms with E-state index in [4.69, 9.17) is 4.74 Å². The summed E-state index contributed by atoms with van der Waals surface area (Å²) in [5, 5.41) is 4.88. The van der Waals surface area contributed by atoms with Gasteiger partial charge in [-0.3, -0.25) is 0 Å². The molecule has 1 fully saturated rings. The molecule has 1 saturated carbocycles. The fourth-order valence-electron chi connectivity index (χ4n) is 2.73. The van der Waals surface area contributed by atoms with Crippen LogP contribution in [0, 0.1) is 12.8 Å². The van der Waals surface area contributed by atoms with Crippen LogP contribution in [0.15, 0.2) is 18.3 Å². The summed E-state index contributed by atoms with van der Waals surface area (Å²) in [5.74, 6) is 1.92. The van der Waals surface area contributed by atoms with E-state index in [1.54, 1.807) is 7.11 Å². The molecule has 19 heavy (non-hydrogen) atoms. The molecule has 0 radical (unpaired) electrons. The first kappa shape index (κ1) is 12.5. The molecule has 0 spiro atoms. The Morgan fingerprint density at radius 1 is 1.37 bits per heavy atom. The van der Waals surface area contributed by atoms with Crippen LogP contribution in [0.1, 0.15) is 24.0 Å². The van der Waals surface area contributed by atoms with Gasteiger partial charge >= 0.3 is 0 Å². The molecule has 1 aliphatic carbocycles. The van der Waals surface area contributed by atoms with Gasteiger partial charge in [-0.05, 0) is 62.9 Å². The van der Waals surface area contributed by atoms with Crippen molar-refractivity contribution in [3.8, 4) is 5.75 Å². The van der Waals surface area contributed by atoms with Crippen LogP contribution in [0.2, 0.25) is 0 Å². The number of nitrogens with one attached hydrogen (secondary N) is 2. The molecule has 1 heterocycles. The summed E-state index contributed by atoms with van der Waals surface area (Å²) in [5.41, 5.74) is 3.82. The van der Waals surface area contributed by atoms with Gasteiger partial charge in [0.2, 0.25) is 0 Å². The van der Waals surface area contributed by atoms with E-state index in [9.17, 15) is 0 Å². The Kier molecular flexibility index (Phi) is 3.47. The normalized spacial score (nSPS) is 15.1. The zero-order chi connectivity index (χ0) is 13.2. The predicted molar refractivity (Wildman–Crippen MR) is 78.9 cm³/mol. The first-order valence-corrected chi connectivity index (χ1v) is 7.14. The lowest BCUT2D eigenvalue weighted by Crippen LogP contribution is -2.19. The molecular weight excluding hydrogens is 236 g/mol. The number of aromatic amines is 1. The number of aromatic nitrogens is 1. The minimum absolute atomic E-state index is 0.949. The topological polar surface area (TPSA) is 37.0 Å². The molecule has 0 atom stereocenters. The lowest BCUT2D eigenvalue weighted by molar-refractivity contribution is 0.412. The Hall–Kier alpha value is -1.48. The SMILES string of the molecule is COc1ccc2[nH]cc(CCNCC3CC3)c2c1C.